The van der Waals surface area contributed by atoms with Crippen LogP contribution in [0.5, 0.6) is 0 Å². The Balaban J connectivity index is -0.000000980. The Morgan fingerprint density at radius 2 is 1.53 bits per heavy atom. The van der Waals surface area contributed by atoms with Gasteiger partial charge in [0, 0.05) is 5.54 Å². The lowest BCUT2D eigenvalue weighted by atomic mass is 10.0. The van der Waals surface area contributed by atoms with Crippen LogP contribution >= 0.6 is 12.4 Å². The van der Waals surface area contributed by atoms with E-state index in [9.17, 15) is 8.42 Å². The summed E-state index contributed by atoms with van der Waals surface area (Å²) in [4.78, 5) is 0. The van der Waals surface area contributed by atoms with Gasteiger partial charge < -0.3 is 22.6 Å². The van der Waals surface area contributed by atoms with Gasteiger partial charge in [-0.05, 0) is 20.3 Å². The van der Waals surface area contributed by atoms with Crippen molar-refractivity contribution in [2.75, 3.05) is 39.2 Å². The predicted octanol–water partition coefficient (Wildman–Crippen LogP) is -2.34. The number of rotatable bonds is 6. The maximum Gasteiger partial charge on any atom is 0.155 e. The third-order valence-corrected chi connectivity index (χ3v) is 3.76. The zero-order valence-electron chi connectivity index (χ0n) is 11.4. The van der Waals surface area contributed by atoms with E-state index in [0.717, 1.165) is 0 Å². The molecule has 0 aromatic heterocycles. The van der Waals surface area contributed by atoms with Crippen LogP contribution in [0.1, 0.15) is 20.3 Å². The topological polar surface area (TPSA) is 60.2 Å². The summed E-state index contributed by atoms with van der Waals surface area (Å²) in [5.41, 5.74) is 5.36. The molecule has 0 aromatic carbocycles. The normalized spacial score (nSPS) is 12.6. The summed E-state index contributed by atoms with van der Waals surface area (Å²) in [5.74, 6) is 0.434. The van der Waals surface area contributed by atoms with Crippen molar-refractivity contribution in [2.24, 2.45) is 5.73 Å². The van der Waals surface area contributed by atoms with Crippen LogP contribution in [-0.4, -0.2) is 57.6 Å². The minimum absolute atomic E-state index is 0. The monoisotopic (exact) mass is 308 g/mol. The Kier molecular flexibility index (Phi) is 10.4. The summed E-state index contributed by atoms with van der Waals surface area (Å²) in [6, 6.07) is 0. The molecule has 108 valence electrons. The van der Waals surface area contributed by atoms with Crippen molar-refractivity contribution < 1.29 is 25.3 Å². The molecule has 0 unspecified atom stereocenters. The fourth-order valence-corrected chi connectivity index (χ4v) is 2.80. The summed E-state index contributed by atoms with van der Waals surface area (Å²) in [7, 11) is 3.02. The molecule has 0 bridgehead atoms. The van der Waals surface area contributed by atoms with Crippen LogP contribution < -0.4 is 18.1 Å². The lowest BCUT2D eigenvalue weighted by molar-refractivity contribution is -0.867. The molecule has 4 nitrogen and oxygen atoms in total. The van der Waals surface area contributed by atoms with Gasteiger partial charge in [-0.3, -0.25) is 0 Å². The molecule has 0 aliphatic rings. The molecule has 7 heteroatoms. The number of hydrogen-bond acceptors (Lipinski definition) is 3. The van der Waals surface area contributed by atoms with E-state index in [2.05, 4.69) is 0 Å². The van der Waals surface area contributed by atoms with E-state index >= 15 is 0 Å². The van der Waals surface area contributed by atoms with Crippen LogP contribution in [0.2, 0.25) is 0 Å². The molecule has 0 radical (unpaired) electrons. The van der Waals surface area contributed by atoms with Crippen LogP contribution in [-0.2, 0) is 9.84 Å². The summed E-state index contributed by atoms with van der Waals surface area (Å²) in [5, 5.41) is 0. The highest BCUT2D eigenvalue weighted by molar-refractivity contribution is 7.91. The first-order chi connectivity index (χ1) is 6.41. The van der Waals surface area contributed by atoms with E-state index in [1.54, 1.807) is 0 Å². The second-order valence-electron chi connectivity index (χ2n) is 5.90. The van der Waals surface area contributed by atoms with Gasteiger partial charge in [-0.2, -0.15) is 0 Å². The van der Waals surface area contributed by atoms with E-state index in [4.69, 9.17) is 5.73 Å². The Bertz CT molecular complexity index is 268. The quantitative estimate of drug-likeness (QED) is 0.560. The van der Waals surface area contributed by atoms with Crippen molar-refractivity contribution in [1.29, 1.82) is 0 Å². The molecule has 2 N–H and O–H groups in total. The van der Waals surface area contributed by atoms with E-state index in [1.807, 2.05) is 35.0 Å². The molecule has 0 saturated carbocycles. The average molecular weight is 309 g/mol. The first-order valence-corrected chi connectivity index (χ1v) is 7.03. The Labute approximate surface area is 118 Å². The van der Waals surface area contributed by atoms with Crippen LogP contribution in [0.3, 0.4) is 0 Å². The van der Waals surface area contributed by atoms with Gasteiger partial charge in [0.2, 0.25) is 0 Å². The summed E-state index contributed by atoms with van der Waals surface area (Å²) in [6.07, 6.45) is 0.520. The molecule has 0 heterocycles. The Morgan fingerprint density at radius 1 is 1.12 bits per heavy atom. The number of nitrogens with zero attached hydrogens (tertiary/aromatic N) is 1. The highest BCUT2D eigenvalue weighted by Crippen LogP contribution is 2.07. The highest BCUT2D eigenvalue weighted by atomic mass is 35.5. The predicted molar refractivity (Wildman–Crippen MR) is 71.7 cm³/mol. The molecule has 17 heavy (non-hydrogen) atoms. The molecule has 0 atom stereocenters. The molecular formula is C10H26Cl2N2O2S. The average Bonchev–Trinajstić information content (AvgIpc) is 1.96. The molecular weight excluding hydrogens is 283 g/mol. The van der Waals surface area contributed by atoms with Crippen molar-refractivity contribution in [3.63, 3.8) is 0 Å². The maximum absolute atomic E-state index is 11.7. The highest BCUT2D eigenvalue weighted by Gasteiger charge is 2.20. The van der Waals surface area contributed by atoms with E-state index in [-0.39, 0.29) is 36.3 Å². The van der Waals surface area contributed by atoms with Gasteiger partial charge in [-0.25, -0.2) is 8.42 Å². The minimum Gasteiger partial charge on any atom is -1.00 e. The second-order valence-corrected chi connectivity index (χ2v) is 8.21. The molecule has 0 amide bonds. The van der Waals surface area contributed by atoms with Gasteiger partial charge in [0.25, 0.3) is 0 Å². The van der Waals surface area contributed by atoms with E-state index in [0.29, 0.717) is 17.4 Å². The van der Waals surface area contributed by atoms with Crippen molar-refractivity contribution >= 4 is 22.2 Å². The van der Waals surface area contributed by atoms with Gasteiger partial charge in [-0.15, -0.1) is 12.4 Å². The number of hydrogen-bond donors (Lipinski definition) is 1. The number of sulfone groups is 1. The molecule has 0 spiro atoms. The van der Waals surface area contributed by atoms with Crippen LogP contribution in [0.25, 0.3) is 0 Å². The van der Waals surface area contributed by atoms with Gasteiger partial charge in [0.1, 0.15) is 0 Å². The fourth-order valence-electron chi connectivity index (χ4n) is 0.934. The lowest BCUT2D eigenvalue weighted by Gasteiger charge is -2.24. The van der Waals surface area contributed by atoms with Crippen molar-refractivity contribution in [3.05, 3.63) is 0 Å². The largest absolute Gasteiger partial charge is 1.00 e. The summed E-state index contributed by atoms with van der Waals surface area (Å²) in [6.45, 7) is 4.35. The number of halogens is 2. The van der Waals surface area contributed by atoms with Crippen molar-refractivity contribution in [3.8, 4) is 0 Å². The van der Waals surface area contributed by atoms with Gasteiger partial charge in [0.15, 0.2) is 9.84 Å². The molecule has 0 fully saturated rings. The third-order valence-electron chi connectivity index (χ3n) is 2.13. The fraction of sp³-hybridized carbons (Fsp3) is 1.00. The van der Waals surface area contributed by atoms with Crippen molar-refractivity contribution in [2.45, 2.75) is 25.8 Å². The zero-order valence-corrected chi connectivity index (χ0v) is 13.8. The van der Waals surface area contributed by atoms with E-state index < -0.39 is 15.4 Å². The van der Waals surface area contributed by atoms with Gasteiger partial charge in [-0.1, -0.05) is 0 Å². The molecule has 0 saturated heterocycles. The first-order valence-electron chi connectivity index (χ1n) is 5.21. The smallest absolute Gasteiger partial charge is 0.155 e. The molecule has 0 aliphatic carbocycles. The SMILES string of the molecule is CC(C)(N)CCS(=O)(=O)CC[N+](C)(C)C.Cl.[Cl-]. The van der Waals surface area contributed by atoms with Gasteiger partial charge >= 0.3 is 0 Å². The Hall–Kier alpha value is 0.450. The first kappa shape index (κ1) is 22.6. The van der Waals surface area contributed by atoms with Crippen LogP contribution in [0, 0.1) is 0 Å². The second kappa shape index (κ2) is 7.79. The standard InChI is InChI=1S/C10H25N2O2S.2ClH/c1-10(2,11)6-8-15(13,14)9-7-12(3,4)5;;/h6-9,11H2,1-5H3;2*1H/q+1;;/p-1. The molecule has 0 rings (SSSR count). The summed E-state index contributed by atoms with van der Waals surface area (Å²) >= 11 is 0. The van der Waals surface area contributed by atoms with E-state index in [1.165, 1.54) is 0 Å². The Morgan fingerprint density at radius 3 is 1.82 bits per heavy atom. The summed E-state index contributed by atoms with van der Waals surface area (Å²) < 4.78 is 24.0. The minimum atomic E-state index is -2.94. The molecule has 0 aromatic rings. The number of quaternary nitrogens is 1. The zero-order chi connectivity index (χ0) is 12.3. The molecule has 0 aliphatic heterocycles. The van der Waals surface area contributed by atoms with Gasteiger partial charge in [0.05, 0.1) is 39.2 Å². The number of nitrogens with two attached hydrogens (primary N) is 1. The third kappa shape index (κ3) is 16.4. The maximum atomic E-state index is 11.7. The van der Waals surface area contributed by atoms with Crippen LogP contribution in [0.4, 0.5) is 0 Å². The van der Waals surface area contributed by atoms with Crippen LogP contribution in [0.15, 0.2) is 0 Å². The lowest BCUT2D eigenvalue weighted by Crippen LogP contribution is -3.00. The van der Waals surface area contributed by atoms with Crippen molar-refractivity contribution in [1.82, 2.24) is 0 Å².